The fourth-order valence-electron chi connectivity index (χ4n) is 3.25. The number of piperidine rings is 1. The third-order valence-corrected chi connectivity index (χ3v) is 5.18. The Morgan fingerprint density at radius 1 is 1.30 bits per heavy atom. The number of hydrogen-bond acceptors (Lipinski definition) is 2. The summed E-state index contributed by atoms with van der Waals surface area (Å²) in [5, 5.41) is 9.50. The minimum atomic E-state index is -0.314. The minimum Gasteiger partial charge on any atom is -0.394 e. The fourth-order valence-corrected chi connectivity index (χ4v) is 3.52. The summed E-state index contributed by atoms with van der Waals surface area (Å²) in [5.41, 5.74) is 0.804. The Kier molecular flexibility index (Phi) is 3.87. The van der Waals surface area contributed by atoms with E-state index in [9.17, 15) is 9.90 Å². The molecule has 20 heavy (non-hydrogen) atoms. The van der Waals surface area contributed by atoms with Crippen LogP contribution in [-0.4, -0.2) is 35.1 Å². The molecule has 0 aromatic heterocycles. The molecule has 1 aromatic rings. The van der Waals surface area contributed by atoms with Crippen LogP contribution in [0.15, 0.2) is 28.7 Å². The molecule has 1 unspecified atom stereocenters. The summed E-state index contributed by atoms with van der Waals surface area (Å²) in [5.74, 6) is 0.221. The van der Waals surface area contributed by atoms with E-state index in [0.29, 0.717) is 0 Å². The van der Waals surface area contributed by atoms with Crippen molar-refractivity contribution < 1.29 is 9.90 Å². The fraction of sp³-hybridized carbons (Fsp3) is 0.562. The Morgan fingerprint density at radius 3 is 2.60 bits per heavy atom. The van der Waals surface area contributed by atoms with Crippen molar-refractivity contribution in [3.05, 3.63) is 34.3 Å². The molecule has 1 heterocycles. The number of halogens is 1. The van der Waals surface area contributed by atoms with Crippen molar-refractivity contribution in [1.82, 2.24) is 4.90 Å². The van der Waals surface area contributed by atoms with Crippen molar-refractivity contribution in [3.8, 4) is 0 Å². The van der Waals surface area contributed by atoms with E-state index >= 15 is 0 Å². The van der Waals surface area contributed by atoms with Gasteiger partial charge >= 0.3 is 0 Å². The normalized spacial score (nSPS) is 24.5. The van der Waals surface area contributed by atoms with Gasteiger partial charge in [-0.15, -0.1) is 0 Å². The van der Waals surface area contributed by atoms with Crippen molar-refractivity contribution in [3.63, 3.8) is 0 Å². The molecule has 2 fully saturated rings. The van der Waals surface area contributed by atoms with Crippen molar-refractivity contribution in [2.45, 2.75) is 43.6 Å². The molecule has 0 spiro atoms. The summed E-state index contributed by atoms with van der Waals surface area (Å²) in [7, 11) is 0. The molecule has 1 amide bonds. The van der Waals surface area contributed by atoms with Gasteiger partial charge in [0, 0.05) is 11.0 Å². The van der Waals surface area contributed by atoms with E-state index in [1.807, 2.05) is 29.2 Å². The zero-order valence-electron chi connectivity index (χ0n) is 11.5. The summed E-state index contributed by atoms with van der Waals surface area (Å²) in [6.07, 6.45) is 4.96. The highest BCUT2D eigenvalue weighted by Crippen LogP contribution is 2.50. The van der Waals surface area contributed by atoms with E-state index in [2.05, 4.69) is 15.9 Å². The summed E-state index contributed by atoms with van der Waals surface area (Å²) in [4.78, 5) is 14.9. The molecule has 1 saturated carbocycles. The number of carbonyl (C=O) groups excluding carboxylic acids is 1. The van der Waals surface area contributed by atoms with Gasteiger partial charge in [0.05, 0.1) is 18.1 Å². The van der Waals surface area contributed by atoms with Crippen LogP contribution in [0.3, 0.4) is 0 Å². The van der Waals surface area contributed by atoms with Gasteiger partial charge < -0.3 is 10.0 Å². The van der Waals surface area contributed by atoms with E-state index in [-0.39, 0.29) is 24.0 Å². The topological polar surface area (TPSA) is 40.5 Å². The smallest absolute Gasteiger partial charge is 0.233 e. The van der Waals surface area contributed by atoms with E-state index in [1.165, 1.54) is 0 Å². The first-order valence-corrected chi connectivity index (χ1v) is 8.15. The first kappa shape index (κ1) is 14.1. The first-order valence-electron chi connectivity index (χ1n) is 7.35. The maximum Gasteiger partial charge on any atom is 0.233 e. The van der Waals surface area contributed by atoms with Gasteiger partial charge in [0.15, 0.2) is 0 Å². The first-order chi connectivity index (χ1) is 9.67. The highest BCUT2D eigenvalue weighted by molar-refractivity contribution is 9.10. The van der Waals surface area contributed by atoms with Crippen molar-refractivity contribution in [1.29, 1.82) is 0 Å². The van der Waals surface area contributed by atoms with Gasteiger partial charge in [0.25, 0.3) is 0 Å². The molecule has 1 aliphatic heterocycles. The third-order valence-electron chi connectivity index (χ3n) is 4.65. The predicted molar refractivity (Wildman–Crippen MR) is 81.5 cm³/mol. The average molecular weight is 338 g/mol. The van der Waals surface area contributed by atoms with Crippen LogP contribution in [0.4, 0.5) is 0 Å². The van der Waals surface area contributed by atoms with E-state index in [4.69, 9.17) is 0 Å². The Labute approximate surface area is 128 Å². The molecule has 1 aliphatic carbocycles. The average Bonchev–Trinajstić information content (AvgIpc) is 3.29. The number of carbonyl (C=O) groups is 1. The standard InChI is InChI=1S/C16H20BrNO2/c17-13-6-4-12(5-7-13)16(8-9-16)15(20)18-10-2-1-3-14(18)11-19/h4-7,14,19H,1-3,8-11H2. The molecule has 1 saturated heterocycles. The van der Waals surface area contributed by atoms with Crippen molar-refractivity contribution in [2.24, 2.45) is 0 Å². The number of aliphatic hydroxyl groups is 1. The van der Waals surface area contributed by atoms with Crippen LogP contribution >= 0.6 is 15.9 Å². The van der Waals surface area contributed by atoms with Gasteiger partial charge in [-0.05, 0) is 49.8 Å². The number of hydrogen-bond donors (Lipinski definition) is 1. The number of benzene rings is 1. The van der Waals surface area contributed by atoms with Crippen LogP contribution in [0, 0.1) is 0 Å². The maximum atomic E-state index is 12.9. The summed E-state index contributed by atoms with van der Waals surface area (Å²) in [6.45, 7) is 0.879. The number of rotatable bonds is 3. The SMILES string of the molecule is O=C(N1CCCCC1CO)C1(c2ccc(Br)cc2)CC1. The summed E-state index contributed by atoms with van der Waals surface area (Å²) < 4.78 is 1.04. The van der Waals surface area contributed by atoms with E-state index < -0.39 is 0 Å². The van der Waals surface area contributed by atoms with Crippen LogP contribution in [-0.2, 0) is 10.2 Å². The second-order valence-corrected chi connectivity index (χ2v) is 6.84. The Morgan fingerprint density at radius 2 is 2.00 bits per heavy atom. The largest absolute Gasteiger partial charge is 0.394 e. The number of aliphatic hydroxyl groups excluding tert-OH is 1. The molecule has 2 aliphatic rings. The lowest BCUT2D eigenvalue weighted by Crippen LogP contribution is -2.49. The van der Waals surface area contributed by atoms with Crippen LogP contribution in [0.1, 0.15) is 37.7 Å². The van der Waals surface area contributed by atoms with Crippen LogP contribution in [0.5, 0.6) is 0 Å². The molecule has 1 aromatic carbocycles. The molecule has 3 nitrogen and oxygen atoms in total. The molecular weight excluding hydrogens is 318 g/mol. The molecule has 1 N–H and O–H groups in total. The number of amides is 1. The lowest BCUT2D eigenvalue weighted by Gasteiger charge is -2.37. The molecule has 3 rings (SSSR count). The molecule has 4 heteroatoms. The second kappa shape index (κ2) is 5.49. The van der Waals surface area contributed by atoms with E-state index in [0.717, 1.165) is 48.7 Å². The molecule has 0 radical (unpaired) electrons. The van der Waals surface area contributed by atoms with Crippen LogP contribution in [0.2, 0.25) is 0 Å². The van der Waals surface area contributed by atoms with Gasteiger partial charge in [0.2, 0.25) is 5.91 Å². The Bertz CT molecular complexity index is 496. The lowest BCUT2D eigenvalue weighted by atomic mass is 9.92. The van der Waals surface area contributed by atoms with Gasteiger partial charge in [-0.25, -0.2) is 0 Å². The minimum absolute atomic E-state index is 0.0178. The summed E-state index contributed by atoms with van der Waals surface area (Å²) >= 11 is 3.44. The van der Waals surface area contributed by atoms with Gasteiger partial charge in [-0.3, -0.25) is 4.79 Å². The second-order valence-electron chi connectivity index (χ2n) is 5.92. The van der Waals surface area contributed by atoms with Gasteiger partial charge in [-0.2, -0.15) is 0 Å². The Hall–Kier alpha value is -0.870. The summed E-state index contributed by atoms with van der Waals surface area (Å²) in [6, 6.07) is 8.12. The lowest BCUT2D eigenvalue weighted by molar-refractivity contribution is -0.138. The van der Waals surface area contributed by atoms with Crippen LogP contribution < -0.4 is 0 Å². The quantitative estimate of drug-likeness (QED) is 0.921. The maximum absolute atomic E-state index is 12.9. The zero-order valence-corrected chi connectivity index (χ0v) is 13.1. The Balaban J connectivity index is 1.83. The zero-order chi connectivity index (χ0) is 14.2. The van der Waals surface area contributed by atoms with Gasteiger partial charge in [0.1, 0.15) is 0 Å². The third kappa shape index (κ3) is 2.40. The highest BCUT2D eigenvalue weighted by atomic mass is 79.9. The van der Waals surface area contributed by atoms with Crippen molar-refractivity contribution in [2.75, 3.05) is 13.2 Å². The molecule has 0 bridgehead atoms. The number of likely N-dealkylation sites (tertiary alicyclic amines) is 1. The monoisotopic (exact) mass is 337 g/mol. The molecule has 108 valence electrons. The molecule has 1 atom stereocenters. The van der Waals surface area contributed by atoms with Gasteiger partial charge in [-0.1, -0.05) is 28.1 Å². The van der Waals surface area contributed by atoms with E-state index in [1.54, 1.807) is 0 Å². The molecular formula is C16H20BrNO2. The predicted octanol–water partition coefficient (Wildman–Crippen LogP) is 2.85. The highest BCUT2D eigenvalue weighted by Gasteiger charge is 2.53. The van der Waals surface area contributed by atoms with Crippen molar-refractivity contribution >= 4 is 21.8 Å². The number of nitrogens with zero attached hydrogens (tertiary/aromatic N) is 1. The van der Waals surface area contributed by atoms with Crippen LogP contribution in [0.25, 0.3) is 0 Å².